The van der Waals surface area contributed by atoms with Gasteiger partial charge in [0.2, 0.25) is 0 Å². The molecule has 1 aliphatic rings. The highest BCUT2D eigenvalue weighted by Gasteiger charge is 2.25. The normalized spacial score (nSPS) is 20.9. The Morgan fingerprint density at radius 1 is 1.22 bits per heavy atom. The Bertz CT molecular complexity index is 705. The first-order chi connectivity index (χ1) is 11.3. The van der Waals surface area contributed by atoms with Gasteiger partial charge in [0.1, 0.15) is 0 Å². The largest absolute Gasteiger partial charge is 0.300 e. The van der Waals surface area contributed by atoms with Gasteiger partial charge in [-0.25, -0.2) is 0 Å². The molecule has 4 nitrogen and oxygen atoms in total. The van der Waals surface area contributed by atoms with E-state index < -0.39 is 0 Å². The zero-order valence-electron chi connectivity index (χ0n) is 13.5. The molecular weight excluding hydrogens is 284 g/mol. The number of piperidine rings is 1. The van der Waals surface area contributed by atoms with E-state index in [1.54, 1.807) is 0 Å². The third kappa shape index (κ3) is 3.75. The van der Waals surface area contributed by atoms with E-state index in [-0.39, 0.29) is 6.04 Å². The van der Waals surface area contributed by atoms with Crippen LogP contribution >= 0.6 is 0 Å². The first kappa shape index (κ1) is 15.6. The Kier molecular flexibility index (Phi) is 4.99. The number of rotatable bonds is 4. The van der Waals surface area contributed by atoms with Gasteiger partial charge in [-0.2, -0.15) is 5.26 Å². The molecule has 0 aliphatic carbocycles. The summed E-state index contributed by atoms with van der Waals surface area (Å²) in [6.45, 7) is 2.12. The fourth-order valence-corrected chi connectivity index (χ4v) is 3.26. The minimum absolute atomic E-state index is 0.261. The average molecular weight is 306 g/mol. The predicted octanol–water partition coefficient (Wildman–Crippen LogP) is 3.80. The highest BCUT2D eigenvalue weighted by molar-refractivity contribution is 5.23. The van der Waals surface area contributed by atoms with Gasteiger partial charge < -0.3 is 5.32 Å². The topological polar surface area (TPSA) is 61.6 Å². The molecule has 2 aromatic rings. The van der Waals surface area contributed by atoms with E-state index in [2.05, 4.69) is 35.4 Å². The van der Waals surface area contributed by atoms with E-state index in [0.717, 1.165) is 36.3 Å². The molecule has 0 bridgehead atoms. The lowest BCUT2D eigenvalue weighted by molar-refractivity contribution is 0.320. The Hall–Kier alpha value is -2.25. The lowest BCUT2D eigenvalue weighted by atomic mass is 9.92. The van der Waals surface area contributed by atoms with Crippen LogP contribution in [0.1, 0.15) is 60.4 Å². The van der Waals surface area contributed by atoms with E-state index in [1.165, 1.54) is 12.0 Å². The van der Waals surface area contributed by atoms with E-state index in [1.807, 2.05) is 24.4 Å². The number of nitriles is 1. The number of nitrogens with zero attached hydrogens (tertiary/aromatic N) is 3. The summed E-state index contributed by atoms with van der Waals surface area (Å²) in [5.41, 5.74) is 4.47. The molecule has 0 aromatic carbocycles. The molecule has 1 fully saturated rings. The average Bonchev–Trinajstić information content (AvgIpc) is 2.61. The van der Waals surface area contributed by atoms with E-state index in [0.29, 0.717) is 12.5 Å². The minimum Gasteiger partial charge on any atom is -0.300 e. The van der Waals surface area contributed by atoms with Gasteiger partial charge in [0.05, 0.1) is 23.5 Å². The molecule has 1 saturated heterocycles. The SMILES string of the molecule is Cc1cccnc1[C@@H]1CCC[C@H](c2cccc(CCC#N)n2)N1. The Labute approximate surface area is 137 Å². The van der Waals surface area contributed by atoms with Crippen molar-refractivity contribution >= 4 is 0 Å². The van der Waals surface area contributed by atoms with Crippen LogP contribution in [0, 0.1) is 18.3 Å². The van der Waals surface area contributed by atoms with Crippen LogP contribution in [0.2, 0.25) is 0 Å². The van der Waals surface area contributed by atoms with Crippen molar-refractivity contribution in [3.8, 4) is 6.07 Å². The number of hydrogen-bond acceptors (Lipinski definition) is 4. The summed E-state index contributed by atoms with van der Waals surface area (Å²) < 4.78 is 0. The highest BCUT2D eigenvalue weighted by atomic mass is 15.0. The van der Waals surface area contributed by atoms with Crippen LogP contribution < -0.4 is 5.32 Å². The molecule has 0 radical (unpaired) electrons. The van der Waals surface area contributed by atoms with Crippen LogP contribution in [0.25, 0.3) is 0 Å². The molecule has 1 N–H and O–H groups in total. The number of pyridine rings is 2. The third-order valence-corrected chi connectivity index (χ3v) is 4.45. The maximum atomic E-state index is 8.74. The van der Waals surface area contributed by atoms with Gasteiger partial charge in [0.15, 0.2) is 0 Å². The molecule has 2 aromatic heterocycles. The van der Waals surface area contributed by atoms with Gasteiger partial charge in [-0.05, 0) is 49.9 Å². The van der Waals surface area contributed by atoms with Crippen molar-refractivity contribution < 1.29 is 0 Å². The molecule has 4 heteroatoms. The summed E-state index contributed by atoms with van der Waals surface area (Å²) >= 11 is 0. The zero-order valence-corrected chi connectivity index (χ0v) is 13.5. The van der Waals surface area contributed by atoms with Gasteiger partial charge in [0.25, 0.3) is 0 Å². The van der Waals surface area contributed by atoms with Crippen molar-refractivity contribution in [3.63, 3.8) is 0 Å². The first-order valence-corrected chi connectivity index (χ1v) is 8.28. The third-order valence-electron chi connectivity index (χ3n) is 4.45. The number of nitrogens with one attached hydrogen (secondary N) is 1. The number of aromatic nitrogens is 2. The van der Waals surface area contributed by atoms with Crippen LogP contribution in [-0.2, 0) is 6.42 Å². The van der Waals surface area contributed by atoms with Gasteiger partial charge in [-0.1, -0.05) is 12.1 Å². The quantitative estimate of drug-likeness (QED) is 0.933. The molecule has 23 heavy (non-hydrogen) atoms. The van der Waals surface area contributed by atoms with Gasteiger partial charge in [-0.3, -0.25) is 9.97 Å². The monoisotopic (exact) mass is 306 g/mol. The molecule has 0 amide bonds. The fourth-order valence-electron chi connectivity index (χ4n) is 3.26. The van der Waals surface area contributed by atoms with E-state index in [9.17, 15) is 0 Å². The maximum Gasteiger partial charge on any atom is 0.0625 e. The van der Waals surface area contributed by atoms with Crippen molar-refractivity contribution in [2.45, 2.75) is 51.1 Å². The molecule has 1 aliphatic heterocycles. The zero-order chi connectivity index (χ0) is 16.1. The fraction of sp³-hybridized carbons (Fsp3) is 0.421. The van der Waals surface area contributed by atoms with Crippen LogP contribution in [0.5, 0.6) is 0 Å². The van der Waals surface area contributed by atoms with Gasteiger partial charge in [-0.15, -0.1) is 0 Å². The lowest BCUT2D eigenvalue weighted by Crippen LogP contribution is -2.32. The Morgan fingerprint density at radius 2 is 2.09 bits per heavy atom. The molecule has 2 atom stereocenters. The second kappa shape index (κ2) is 7.34. The van der Waals surface area contributed by atoms with Crippen LogP contribution in [-0.4, -0.2) is 9.97 Å². The minimum atomic E-state index is 0.261. The Balaban J connectivity index is 1.76. The first-order valence-electron chi connectivity index (χ1n) is 8.28. The second-order valence-electron chi connectivity index (χ2n) is 6.12. The summed E-state index contributed by atoms with van der Waals surface area (Å²) in [5.74, 6) is 0. The van der Waals surface area contributed by atoms with Crippen molar-refractivity contribution in [3.05, 3.63) is 59.2 Å². The van der Waals surface area contributed by atoms with E-state index >= 15 is 0 Å². The number of aryl methyl sites for hydroxylation is 2. The molecule has 0 saturated carbocycles. The van der Waals surface area contributed by atoms with Gasteiger partial charge in [0, 0.05) is 30.8 Å². The Morgan fingerprint density at radius 3 is 2.91 bits per heavy atom. The molecule has 0 spiro atoms. The maximum absolute atomic E-state index is 8.74. The molecule has 0 unspecified atom stereocenters. The summed E-state index contributed by atoms with van der Waals surface area (Å²) in [4.78, 5) is 9.32. The molecule has 118 valence electrons. The summed E-state index contributed by atoms with van der Waals surface area (Å²) in [6, 6.07) is 13.0. The van der Waals surface area contributed by atoms with E-state index in [4.69, 9.17) is 10.2 Å². The highest BCUT2D eigenvalue weighted by Crippen LogP contribution is 2.32. The summed E-state index contributed by atoms with van der Waals surface area (Å²) in [5, 5.41) is 12.5. The van der Waals surface area contributed by atoms with Crippen LogP contribution in [0.4, 0.5) is 0 Å². The van der Waals surface area contributed by atoms with Crippen LogP contribution in [0.3, 0.4) is 0 Å². The lowest BCUT2D eigenvalue weighted by Gasteiger charge is -2.31. The molecule has 3 rings (SSSR count). The molecular formula is C19H22N4. The van der Waals surface area contributed by atoms with Crippen LogP contribution in [0.15, 0.2) is 36.5 Å². The summed E-state index contributed by atoms with van der Waals surface area (Å²) in [7, 11) is 0. The van der Waals surface area contributed by atoms with Gasteiger partial charge >= 0.3 is 0 Å². The number of hydrogen-bond donors (Lipinski definition) is 1. The standard InChI is InChI=1S/C19H22N4/c1-14-6-5-13-21-19(14)18-11-3-10-17(23-18)16-9-2-7-15(22-16)8-4-12-20/h2,5-7,9,13,17-18,23H,3-4,8,10-11H2,1H3/t17-,18+/m1/s1. The van der Waals surface area contributed by atoms with Crippen molar-refractivity contribution in [1.29, 1.82) is 5.26 Å². The van der Waals surface area contributed by atoms with Crippen molar-refractivity contribution in [1.82, 2.24) is 15.3 Å². The second-order valence-corrected chi connectivity index (χ2v) is 6.12. The molecule has 3 heterocycles. The predicted molar refractivity (Wildman–Crippen MR) is 89.6 cm³/mol. The van der Waals surface area contributed by atoms with Crippen molar-refractivity contribution in [2.75, 3.05) is 0 Å². The summed E-state index contributed by atoms with van der Waals surface area (Å²) in [6.07, 6.45) is 6.49. The van der Waals surface area contributed by atoms with Crippen molar-refractivity contribution in [2.24, 2.45) is 0 Å². The smallest absolute Gasteiger partial charge is 0.0625 e.